The zero-order valence-corrected chi connectivity index (χ0v) is 16.5. The molecule has 0 spiro atoms. The number of nitrogens with one attached hydrogen (secondary N) is 4. The van der Waals surface area contributed by atoms with Gasteiger partial charge in [0.15, 0.2) is 0 Å². The number of H-pyrrole nitrogens is 1. The number of carboxylic acid groups (broad SMARTS) is 1. The van der Waals surface area contributed by atoms with E-state index in [0.29, 0.717) is 5.69 Å². The van der Waals surface area contributed by atoms with Gasteiger partial charge in [0.25, 0.3) is 0 Å². The molecule has 3 amide bonds. The summed E-state index contributed by atoms with van der Waals surface area (Å²) in [5.74, 6) is -3.64. The van der Waals surface area contributed by atoms with Crippen molar-refractivity contribution in [3.8, 4) is 0 Å². The highest BCUT2D eigenvalue weighted by Gasteiger charge is 2.28. The highest BCUT2D eigenvalue weighted by atomic mass is 16.4. The number of aliphatic hydroxyl groups is 1. The molecule has 0 saturated heterocycles. The fourth-order valence-electron chi connectivity index (χ4n) is 2.34. The van der Waals surface area contributed by atoms with Crippen molar-refractivity contribution >= 4 is 23.7 Å². The third-order valence-electron chi connectivity index (χ3n) is 4.11. The molecule has 1 heterocycles. The molecule has 4 atom stereocenters. The van der Waals surface area contributed by atoms with Crippen molar-refractivity contribution in [1.82, 2.24) is 25.9 Å². The van der Waals surface area contributed by atoms with Crippen LogP contribution in [0.15, 0.2) is 12.5 Å². The fraction of sp³-hybridized carbons (Fsp3) is 0.588. The smallest absolute Gasteiger partial charge is 0.326 e. The predicted molar refractivity (Wildman–Crippen MR) is 101 cm³/mol. The van der Waals surface area contributed by atoms with E-state index in [4.69, 9.17) is 10.8 Å². The summed E-state index contributed by atoms with van der Waals surface area (Å²) in [5, 5.41) is 25.7. The Bertz CT molecular complexity index is 705. The lowest BCUT2D eigenvalue weighted by atomic mass is 10.0. The van der Waals surface area contributed by atoms with Gasteiger partial charge < -0.3 is 36.9 Å². The van der Waals surface area contributed by atoms with Gasteiger partial charge in [0.2, 0.25) is 17.7 Å². The molecular weight excluding hydrogens is 384 g/mol. The lowest BCUT2D eigenvalue weighted by Gasteiger charge is -2.22. The molecule has 0 aliphatic rings. The largest absolute Gasteiger partial charge is 0.480 e. The Morgan fingerprint density at radius 1 is 1.17 bits per heavy atom. The van der Waals surface area contributed by atoms with E-state index in [9.17, 15) is 24.3 Å². The van der Waals surface area contributed by atoms with Crippen LogP contribution in [0.5, 0.6) is 0 Å². The number of rotatable bonds is 11. The van der Waals surface area contributed by atoms with Gasteiger partial charge in [-0.05, 0) is 12.8 Å². The maximum atomic E-state index is 12.5. The van der Waals surface area contributed by atoms with Crippen molar-refractivity contribution in [2.75, 3.05) is 6.54 Å². The molecule has 0 aromatic carbocycles. The first kappa shape index (κ1) is 24.0. The summed E-state index contributed by atoms with van der Waals surface area (Å²) in [6.07, 6.45) is 1.78. The van der Waals surface area contributed by atoms with Crippen LogP contribution >= 0.6 is 0 Å². The number of carbonyl (C=O) groups excluding carboxylic acids is 3. The van der Waals surface area contributed by atoms with E-state index in [1.165, 1.54) is 19.4 Å². The van der Waals surface area contributed by atoms with Gasteiger partial charge in [-0.3, -0.25) is 14.4 Å². The molecular formula is C17H28N6O6. The Morgan fingerprint density at radius 3 is 2.31 bits per heavy atom. The molecule has 0 fully saturated rings. The highest BCUT2D eigenvalue weighted by Crippen LogP contribution is 2.02. The first-order chi connectivity index (χ1) is 13.5. The second-order valence-corrected chi connectivity index (χ2v) is 6.95. The fourth-order valence-corrected chi connectivity index (χ4v) is 2.34. The van der Waals surface area contributed by atoms with Crippen molar-refractivity contribution in [3.63, 3.8) is 0 Å². The average Bonchev–Trinajstić information content (AvgIpc) is 3.15. The molecule has 1 aromatic rings. The predicted octanol–water partition coefficient (Wildman–Crippen LogP) is -2.51. The number of hydrogen-bond acceptors (Lipinski definition) is 7. The number of imidazole rings is 1. The minimum Gasteiger partial charge on any atom is -0.480 e. The summed E-state index contributed by atoms with van der Waals surface area (Å²) in [6.45, 7) is 4.14. The molecule has 1 aromatic heterocycles. The van der Waals surface area contributed by atoms with E-state index in [-0.39, 0.29) is 12.3 Å². The van der Waals surface area contributed by atoms with Crippen LogP contribution in [0.3, 0.4) is 0 Å². The number of aromatic amines is 1. The quantitative estimate of drug-likeness (QED) is 0.206. The molecule has 12 heteroatoms. The van der Waals surface area contributed by atoms with Crippen molar-refractivity contribution in [1.29, 1.82) is 0 Å². The monoisotopic (exact) mass is 412 g/mol. The van der Waals surface area contributed by atoms with Crippen LogP contribution in [0.4, 0.5) is 0 Å². The number of carbonyl (C=O) groups is 4. The van der Waals surface area contributed by atoms with E-state index < -0.39 is 54.5 Å². The summed E-state index contributed by atoms with van der Waals surface area (Å²) in [5.41, 5.74) is 6.13. The minimum atomic E-state index is -1.24. The molecule has 0 aliphatic heterocycles. The molecule has 0 bridgehead atoms. The Balaban J connectivity index is 2.74. The van der Waals surface area contributed by atoms with Crippen molar-refractivity contribution in [2.24, 2.45) is 11.7 Å². The Hall–Kier alpha value is -2.99. The van der Waals surface area contributed by atoms with Crippen LogP contribution in [-0.4, -0.2) is 74.6 Å². The average molecular weight is 412 g/mol. The second kappa shape index (κ2) is 11.1. The van der Waals surface area contributed by atoms with E-state index in [1.54, 1.807) is 13.8 Å². The lowest BCUT2D eigenvalue weighted by molar-refractivity contribution is -0.143. The molecule has 8 N–H and O–H groups in total. The van der Waals surface area contributed by atoms with E-state index in [0.717, 1.165) is 0 Å². The molecule has 12 nitrogen and oxygen atoms in total. The summed E-state index contributed by atoms with van der Waals surface area (Å²) < 4.78 is 0. The van der Waals surface area contributed by atoms with Gasteiger partial charge in [-0.2, -0.15) is 0 Å². The molecule has 29 heavy (non-hydrogen) atoms. The minimum absolute atomic E-state index is 0.0372. The van der Waals surface area contributed by atoms with E-state index in [2.05, 4.69) is 25.9 Å². The maximum absolute atomic E-state index is 12.5. The number of amides is 3. The van der Waals surface area contributed by atoms with E-state index >= 15 is 0 Å². The van der Waals surface area contributed by atoms with Crippen LogP contribution in [0, 0.1) is 5.92 Å². The Kier molecular flexibility index (Phi) is 9.22. The Morgan fingerprint density at radius 2 is 1.83 bits per heavy atom. The van der Waals surface area contributed by atoms with Crippen molar-refractivity contribution < 1.29 is 29.4 Å². The van der Waals surface area contributed by atoms with Gasteiger partial charge in [0.05, 0.1) is 19.0 Å². The second-order valence-electron chi connectivity index (χ2n) is 6.95. The van der Waals surface area contributed by atoms with Crippen LogP contribution in [-0.2, 0) is 25.6 Å². The number of aromatic nitrogens is 2. The summed E-state index contributed by atoms with van der Waals surface area (Å²) in [4.78, 5) is 54.4. The van der Waals surface area contributed by atoms with Gasteiger partial charge in [-0.1, -0.05) is 13.8 Å². The highest BCUT2D eigenvalue weighted by molar-refractivity contribution is 5.92. The van der Waals surface area contributed by atoms with Crippen LogP contribution < -0.4 is 21.7 Å². The summed E-state index contributed by atoms with van der Waals surface area (Å²) in [7, 11) is 0. The summed E-state index contributed by atoms with van der Waals surface area (Å²) >= 11 is 0. The normalized spacial score (nSPS) is 15.1. The number of nitrogens with zero attached hydrogens (tertiary/aromatic N) is 1. The number of carboxylic acids is 1. The van der Waals surface area contributed by atoms with Crippen LogP contribution in [0.25, 0.3) is 0 Å². The molecule has 1 rings (SSSR count). The molecule has 162 valence electrons. The first-order valence-corrected chi connectivity index (χ1v) is 9.04. The standard InChI is InChI=1S/C17H28N6O6/c1-8(2)14(17(28)29)23-12(25)6-20-15(26)11(4-10-5-19-7-21-10)22-16(27)13(18)9(3)24/h5,7-9,11,13-14,24H,4,6,18H2,1-3H3,(H,19,21)(H,20,26)(H,22,27)(H,23,25)(H,28,29). The lowest BCUT2D eigenvalue weighted by Crippen LogP contribution is -2.56. The maximum Gasteiger partial charge on any atom is 0.326 e. The third-order valence-corrected chi connectivity index (χ3v) is 4.11. The van der Waals surface area contributed by atoms with Crippen LogP contribution in [0.1, 0.15) is 26.5 Å². The van der Waals surface area contributed by atoms with Crippen molar-refractivity contribution in [3.05, 3.63) is 18.2 Å². The topological polar surface area (TPSA) is 200 Å². The van der Waals surface area contributed by atoms with E-state index in [1.807, 2.05) is 0 Å². The van der Waals surface area contributed by atoms with Crippen molar-refractivity contribution in [2.45, 2.75) is 51.4 Å². The third kappa shape index (κ3) is 7.87. The number of aliphatic carboxylic acids is 1. The first-order valence-electron chi connectivity index (χ1n) is 9.04. The van der Waals surface area contributed by atoms with Gasteiger partial charge in [0, 0.05) is 18.3 Å². The number of nitrogens with two attached hydrogens (primary N) is 1. The van der Waals surface area contributed by atoms with Gasteiger partial charge >= 0.3 is 5.97 Å². The van der Waals surface area contributed by atoms with Crippen LogP contribution in [0.2, 0.25) is 0 Å². The van der Waals surface area contributed by atoms with Gasteiger partial charge in [-0.25, -0.2) is 9.78 Å². The molecule has 0 saturated carbocycles. The zero-order valence-electron chi connectivity index (χ0n) is 16.5. The molecule has 0 aliphatic carbocycles. The van der Waals surface area contributed by atoms with Gasteiger partial charge in [-0.15, -0.1) is 0 Å². The SMILES string of the molecule is CC(C)C(NC(=O)CNC(=O)C(Cc1cnc[nH]1)NC(=O)C(N)C(C)O)C(=O)O. The number of aliphatic hydroxyl groups excluding tert-OH is 1. The summed E-state index contributed by atoms with van der Waals surface area (Å²) in [6, 6.07) is -3.43. The molecule has 4 unspecified atom stereocenters. The van der Waals surface area contributed by atoms with Gasteiger partial charge in [0.1, 0.15) is 18.1 Å². The Labute approximate surface area is 167 Å². The number of hydrogen-bond donors (Lipinski definition) is 7. The molecule has 0 radical (unpaired) electrons. The zero-order chi connectivity index (χ0) is 22.1.